The van der Waals surface area contributed by atoms with Crippen LogP contribution in [0.3, 0.4) is 0 Å². The van der Waals surface area contributed by atoms with Crippen molar-refractivity contribution in [3.05, 3.63) is 64.7 Å². The predicted octanol–water partition coefficient (Wildman–Crippen LogP) is 4.88. The van der Waals surface area contributed by atoms with Gasteiger partial charge in [-0.25, -0.2) is 0 Å². The number of hydrogen-bond acceptors (Lipinski definition) is 4. The molecular formula is C24H32ClNO3. The first-order chi connectivity index (χ1) is 14.0. The van der Waals surface area contributed by atoms with Crippen LogP contribution in [-0.2, 0) is 11.3 Å². The van der Waals surface area contributed by atoms with Gasteiger partial charge in [0.1, 0.15) is 18.5 Å². The normalized spacial score (nSPS) is 17.8. The Balaban J connectivity index is 1.54. The van der Waals surface area contributed by atoms with E-state index in [0.29, 0.717) is 12.5 Å². The molecule has 0 saturated carbocycles. The Kier molecular flexibility index (Phi) is 8.37. The molecule has 4 nitrogen and oxygen atoms in total. The van der Waals surface area contributed by atoms with Gasteiger partial charge in [-0.1, -0.05) is 49.7 Å². The third kappa shape index (κ3) is 7.31. The summed E-state index contributed by atoms with van der Waals surface area (Å²) in [6.07, 6.45) is 1.84. The molecule has 0 amide bonds. The van der Waals surface area contributed by atoms with Gasteiger partial charge in [-0.2, -0.15) is 0 Å². The molecule has 1 aliphatic rings. The molecule has 0 bridgehead atoms. The van der Waals surface area contributed by atoms with Gasteiger partial charge in [0.25, 0.3) is 0 Å². The summed E-state index contributed by atoms with van der Waals surface area (Å²) >= 11 is 6.01. The zero-order chi connectivity index (χ0) is 20.6. The number of hydrogen-bond donors (Lipinski definition) is 1. The minimum Gasteiger partial charge on any atom is -0.491 e. The van der Waals surface area contributed by atoms with Crippen molar-refractivity contribution in [1.82, 2.24) is 4.90 Å². The maximum Gasteiger partial charge on any atom is 0.119 e. The molecular weight excluding hydrogens is 386 g/mol. The van der Waals surface area contributed by atoms with Crippen LogP contribution in [-0.4, -0.2) is 48.5 Å². The monoisotopic (exact) mass is 417 g/mol. The molecule has 1 aliphatic heterocycles. The molecule has 1 N–H and O–H groups in total. The summed E-state index contributed by atoms with van der Waals surface area (Å²) < 4.78 is 11.6. The van der Waals surface area contributed by atoms with E-state index >= 15 is 0 Å². The fraction of sp³-hybridized carbons (Fsp3) is 0.500. The zero-order valence-electron chi connectivity index (χ0n) is 17.4. The van der Waals surface area contributed by atoms with E-state index in [0.717, 1.165) is 43.3 Å². The molecule has 0 aromatic heterocycles. The van der Waals surface area contributed by atoms with Crippen LogP contribution >= 0.6 is 11.6 Å². The van der Waals surface area contributed by atoms with E-state index in [9.17, 15) is 5.11 Å². The Morgan fingerprint density at radius 2 is 1.86 bits per heavy atom. The first-order valence-electron chi connectivity index (χ1n) is 10.5. The Morgan fingerprint density at radius 3 is 2.48 bits per heavy atom. The van der Waals surface area contributed by atoms with Crippen molar-refractivity contribution in [2.75, 3.05) is 26.3 Å². The lowest BCUT2D eigenvalue weighted by atomic mass is 10.0. The van der Waals surface area contributed by atoms with Gasteiger partial charge in [-0.15, -0.1) is 0 Å². The van der Waals surface area contributed by atoms with E-state index in [-0.39, 0.29) is 12.7 Å². The number of rotatable bonds is 10. The summed E-state index contributed by atoms with van der Waals surface area (Å²) in [7, 11) is 0. The Hall–Kier alpha value is -1.59. The van der Waals surface area contributed by atoms with Crippen LogP contribution in [0.2, 0.25) is 5.02 Å². The van der Waals surface area contributed by atoms with Crippen molar-refractivity contribution in [2.45, 2.75) is 51.4 Å². The summed E-state index contributed by atoms with van der Waals surface area (Å²) in [5, 5.41) is 11.3. The van der Waals surface area contributed by atoms with E-state index in [4.69, 9.17) is 21.1 Å². The van der Waals surface area contributed by atoms with Gasteiger partial charge in [-0.3, -0.25) is 4.90 Å². The first-order valence-corrected chi connectivity index (χ1v) is 10.9. The molecule has 0 spiro atoms. The molecule has 158 valence electrons. The largest absolute Gasteiger partial charge is 0.491 e. The fourth-order valence-corrected chi connectivity index (χ4v) is 3.75. The van der Waals surface area contributed by atoms with E-state index in [1.807, 2.05) is 36.4 Å². The molecule has 5 heteroatoms. The molecule has 2 aromatic rings. The number of aliphatic hydroxyl groups excluding tert-OH is 1. The SMILES string of the molecule is CC(C)c1ccc(OCC(O)CN(Cc2ccc(Cl)cc2)CC2CCCO2)cc1. The molecule has 2 unspecified atom stereocenters. The number of nitrogens with zero attached hydrogens (tertiary/aromatic N) is 1. The van der Waals surface area contributed by atoms with Gasteiger partial charge in [0.15, 0.2) is 0 Å². The molecule has 2 aromatic carbocycles. The molecule has 1 fully saturated rings. The molecule has 0 radical (unpaired) electrons. The van der Waals surface area contributed by atoms with Gasteiger partial charge in [-0.05, 0) is 54.2 Å². The molecule has 29 heavy (non-hydrogen) atoms. The smallest absolute Gasteiger partial charge is 0.119 e. The van der Waals surface area contributed by atoms with Crippen molar-refractivity contribution in [1.29, 1.82) is 0 Å². The standard InChI is InChI=1S/C24H32ClNO3/c1-18(2)20-7-11-23(12-8-20)29-17-22(27)15-26(16-24-4-3-13-28-24)14-19-5-9-21(25)10-6-19/h5-12,18,22,24,27H,3-4,13-17H2,1-2H3. The van der Waals surface area contributed by atoms with E-state index < -0.39 is 6.10 Å². The van der Waals surface area contributed by atoms with E-state index in [1.165, 1.54) is 11.1 Å². The molecule has 3 rings (SSSR count). The maximum atomic E-state index is 10.6. The molecule has 2 atom stereocenters. The van der Waals surface area contributed by atoms with Crippen molar-refractivity contribution < 1.29 is 14.6 Å². The lowest BCUT2D eigenvalue weighted by Crippen LogP contribution is -2.39. The number of benzene rings is 2. The minimum atomic E-state index is -0.575. The lowest BCUT2D eigenvalue weighted by molar-refractivity contribution is 0.0313. The van der Waals surface area contributed by atoms with Crippen molar-refractivity contribution in [3.8, 4) is 5.75 Å². The summed E-state index contributed by atoms with van der Waals surface area (Å²) in [6, 6.07) is 16.0. The van der Waals surface area contributed by atoms with Crippen molar-refractivity contribution in [2.24, 2.45) is 0 Å². The average Bonchev–Trinajstić information content (AvgIpc) is 3.21. The summed E-state index contributed by atoms with van der Waals surface area (Å²) in [5.74, 6) is 1.28. The van der Waals surface area contributed by atoms with Crippen LogP contribution in [0.1, 0.15) is 43.7 Å². The van der Waals surface area contributed by atoms with Gasteiger partial charge in [0, 0.05) is 31.3 Å². The second-order valence-electron chi connectivity index (χ2n) is 8.14. The molecule has 1 saturated heterocycles. The first kappa shape index (κ1) is 22.1. The third-order valence-corrected chi connectivity index (χ3v) is 5.52. The topological polar surface area (TPSA) is 41.9 Å². The quantitative estimate of drug-likeness (QED) is 0.598. The fourth-order valence-electron chi connectivity index (χ4n) is 3.62. The van der Waals surface area contributed by atoms with Crippen molar-refractivity contribution >= 4 is 11.6 Å². The minimum absolute atomic E-state index is 0.235. The molecule has 1 heterocycles. The van der Waals surface area contributed by atoms with Crippen LogP contribution in [0.5, 0.6) is 5.75 Å². The Labute approximate surface area is 179 Å². The number of aliphatic hydroxyl groups is 1. The highest BCUT2D eigenvalue weighted by molar-refractivity contribution is 6.30. The second kappa shape index (κ2) is 11.0. The maximum absolute atomic E-state index is 10.6. The third-order valence-electron chi connectivity index (χ3n) is 5.26. The summed E-state index contributed by atoms with van der Waals surface area (Å²) in [4.78, 5) is 2.25. The Morgan fingerprint density at radius 1 is 1.14 bits per heavy atom. The van der Waals surface area contributed by atoms with Crippen LogP contribution in [0.25, 0.3) is 0 Å². The van der Waals surface area contributed by atoms with E-state index in [2.05, 4.69) is 30.9 Å². The zero-order valence-corrected chi connectivity index (χ0v) is 18.1. The van der Waals surface area contributed by atoms with Crippen LogP contribution in [0.15, 0.2) is 48.5 Å². The predicted molar refractivity (Wildman–Crippen MR) is 118 cm³/mol. The lowest BCUT2D eigenvalue weighted by Gasteiger charge is -2.27. The van der Waals surface area contributed by atoms with Gasteiger partial charge < -0.3 is 14.6 Å². The van der Waals surface area contributed by atoms with Gasteiger partial charge in [0.2, 0.25) is 0 Å². The van der Waals surface area contributed by atoms with Crippen LogP contribution in [0, 0.1) is 0 Å². The highest BCUT2D eigenvalue weighted by Gasteiger charge is 2.21. The van der Waals surface area contributed by atoms with Gasteiger partial charge in [0.05, 0.1) is 6.10 Å². The summed E-state index contributed by atoms with van der Waals surface area (Å²) in [6.45, 7) is 7.53. The number of halogens is 1. The van der Waals surface area contributed by atoms with E-state index in [1.54, 1.807) is 0 Å². The highest BCUT2D eigenvalue weighted by Crippen LogP contribution is 2.19. The summed E-state index contributed by atoms with van der Waals surface area (Å²) in [5.41, 5.74) is 2.45. The van der Waals surface area contributed by atoms with Crippen LogP contribution < -0.4 is 4.74 Å². The van der Waals surface area contributed by atoms with Crippen molar-refractivity contribution in [3.63, 3.8) is 0 Å². The Bertz CT molecular complexity index is 727. The highest BCUT2D eigenvalue weighted by atomic mass is 35.5. The molecule has 0 aliphatic carbocycles. The second-order valence-corrected chi connectivity index (χ2v) is 8.58. The van der Waals surface area contributed by atoms with Crippen LogP contribution in [0.4, 0.5) is 0 Å². The van der Waals surface area contributed by atoms with Gasteiger partial charge >= 0.3 is 0 Å². The number of ether oxygens (including phenoxy) is 2. The average molecular weight is 418 g/mol.